The zero-order valence-electron chi connectivity index (χ0n) is 8.89. The van der Waals surface area contributed by atoms with Crippen LogP contribution in [-0.4, -0.2) is 26.5 Å². The monoisotopic (exact) mass is 227 g/mol. The predicted molar refractivity (Wildman–Crippen MR) is 62.4 cm³/mol. The highest BCUT2D eigenvalue weighted by Crippen LogP contribution is 2.09. The van der Waals surface area contributed by atoms with Gasteiger partial charge >= 0.3 is 0 Å². The lowest BCUT2D eigenvalue weighted by atomic mass is 10.1. The lowest BCUT2D eigenvalue weighted by Gasteiger charge is -2.12. The number of sulfone groups is 1. The first kappa shape index (κ1) is 12.2. The van der Waals surface area contributed by atoms with Crippen LogP contribution in [0.1, 0.15) is 12.0 Å². The first-order valence-electron chi connectivity index (χ1n) is 4.97. The van der Waals surface area contributed by atoms with Crippen LogP contribution in [0.5, 0.6) is 0 Å². The van der Waals surface area contributed by atoms with Gasteiger partial charge in [-0.3, -0.25) is 0 Å². The van der Waals surface area contributed by atoms with Crippen LogP contribution >= 0.6 is 0 Å². The molecule has 1 atom stereocenters. The molecule has 0 aliphatic carbocycles. The zero-order valence-corrected chi connectivity index (χ0v) is 9.70. The summed E-state index contributed by atoms with van der Waals surface area (Å²) in [6.45, 7) is 0.200. The Bertz CT molecular complexity index is 386. The van der Waals surface area contributed by atoms with Crippen LogP contribution in [0.2, 0.25) is 0 Å². The molecule has 2 N–H and O–H groups in total. The second-order valence-electron chi connectivity index (χ2n) is 3.71. The van der Waals surface area contributed by atoms with Crippen LogP contribution in [0.15, 0.2) is 30.3 Å². The summed E-state index contributed by atoms with van der Waals surface area (Å²) in [5.74, 6) is 0. The average molecular weight is 227 g/mol. The molecule has 0 radical (unpaired) electrons. The Hall–Kier alpha value is -0.870. The van der Waals surface area contributed by atoms with Crippen LogP contribution < -0.4 is 5.73 Å². The topological polar surface area (TPSA) is 60.2 Å². The van der Waals surface area contributed by atoms with Crippen LogP contribution in [0.3, 0.4) is 0 Å². The smallest absolute Gasteiger partial charge is 0.151 e. The summed E-state index contributed by atoms with van der Waals surface area (Å²) in [6.07, 6.45) is 2.60. The molecule has 0 aliphatic rings. The Morgan fingerprint density at radius 2 is 1.87 bits per heavy atom. The van der Waals surface area contributed by atoms with Crippen molar-refractivity contribution in [1.82, 2.24) is 0 Å². The fraction of sp³-hybridized carbons (Fsp3) is 0.455. The highest BCUT2D eigenvalue weighted by molar-refractivity contribution is 7.91. The summed E-state index contributed by atoms with van der Waals surface area (Å²) in [7, 11) is -3.01. The SMILES string of the molecule is CS(=O)(=O)C(CN)CCc1ccccc1. The molecule has 0 fully saturated rings. The number of benzene rings is 1. The third-order valence-electron chi connectivity index (χ3n) is 2.47. The number of hydrogen-bond acceptors (Lipinski definition) is 3. The van der Waals surface area contributed by atoms with Crippen LogP contribution in [0.25, 0.3) is 0 Å². The van der Waals surface area contributed by atoms with E-state index in [-0.39, 0.29) is 6.54 Å². The maximum absolute atomic E-state index is 11.3. The van der Waals surface area contributed by atoms with Gasteiger partial charge < -0.3 is 5.73 Å². The molecule has 0 saturated carbocycles. The highest BCUT2D eigenvalue weighted by atomic mass is 32.2. The van der Waals surface area contributed by atoms with E-state index in [0.717, 1.165) is 12.0 Å². The van der Waals surface area contributed by atoms with Gasteiger partial charge in [0.05, 0.1) is 5.25 Å². The second-order valence-corrected chi connectivity index (χ2v) is 6.04. The quantitative estimate of drug-likeness (QED) is 0.816. The van der Waals surface area contributed by atoms with E-state index in [9.17, 15) is 8.42 Å². The molecule has 1 aromatic rings. The van der Waals surface area contributed by atoms with Crippen molar-refractivity contribution in [3.05, 3.63) is 35.9 Å². The van der Waals surface area contributed by atoms with Gasteiger partial charge in [0.2, 0.25) is 0 Å². The van der Waals surface area contributed by atoms with Crippen molar-refractivity contribution < 1.29 is 8.42 Å². The minimum atomic E-state index is -3.01. The van der Waals surface area contributed by atoms with Gasteiger partial charge in [0.15, 0.2) is 9.84 Å². The highest BCUT2D eigenvalue weighted by Gasteiger charge is 2.18. The van der Waals surface area contributed by atoms with Gasteiger partial charge in [-0.2, -0.15) is 0 Å². The van der Waals surface area contributed by atoms with Crippen LogP contribution in [0.4, 0.5) is 0 Å². The molecule has 0 bridgehead atoms. The summed E-state index contributed by atoms with van der Waals surface area (Å²) in [5, 5.41) is -0.419. The lowest BCUT2D eigenvalue weighted by molar-refractivity contribution is 0.577. The standard InChI is InChI=1S/C11H17NO2S/c1-15(13,14)11(9-12)8-7-10-5-3-2-4-6-10/h2-6,11H,7-9,12H2,1H3. The summed E-state index contributed by atoms with van der Waals surface area (Å²) in [5.41, 5.74) is 6.60. The van der Waals surface area contributed by atoms with Crippen molar-refractivity contribution in [1.29, 1.82) is 0 Å². The molecule has 84 valence electrons. The Balaban J connectivity index is 2.56. The van der Waals surface area contributed by atoms with E-state index in [1.807, 2.05) is 30.3 Å². The molecular weight excluding hydrogens is 210 g/mol. The van der Waals surface area contributed by atoms with Gasteiger partial charge in [0.1, 0.15) is 0 Å². The fourth-order valence-corrected chi connectivity index (χ4v) is 2.37. The van der Waals surface area contributed by atoms with E-state index in [0.29, 0.717) is 6.42 Å². The van der Waals surface area contributed by atoms with Crippen LogP contribution in [-0.2, 0) is 16.3 Å². The third kappa shape index (κ3) is 4.01. The first-order chi connectivity index (χ1) is 7.04. The van der Waals surface area contributed by atoms with E-state index in [4.69, 9.17) is 5.73 Å². The minimum Gasteiger partial charge on any atom is -0.329 e. The van der Waals surface area contributed by atoms with E-state index in [2.05, 4.69) is 0 Å². The number of hydrogen-bond donors (Lipinski definition) is 1. The number of nitrogens with two attached hydrogens (primary N) is 1. The predicted octanol–water partition coefficient (Wildman–Crippen LogP) is 0.991. The van der Waals surface area contributed by atoms with Crippen molar-refractivity contribution in [2.24, 2.45) is 5.73 Å². The Labute approximate surface area is 91.2 Å². The summed E-state index contributed by atoms with van der Waals surface area (Å²) < 4.78 is 22.6. The molecule has 0 amide bonds. The zero-order chi connectivity index (χ0) is 11.3. The molecule has 1 rings (SSSR count). The van der Waals surface area contributed by atoms with E-state index in [1.165, 1.54) is 6.26 Å². The minimum absolute atomic E-state index is 0.200. The molecule has 0 heterocycles. The molecular formula is C11H17NO2S. The van der Waals surface area contributed by atoms with E-state index in [1.54, 1.807) is 0 Å². The first-order valence-corrected chi connectivity index (χ1v) is 6.92. The van der Waals surface area contributed by atoms with Gasteiger partial charge in [-0.25, -0.2) is 8.42 Å². The summed E-state index contributed by atoms with van der Waals surface area (Å²) >= 11 is 0. The molecule has 1 unspecified atom stereocenters. The molecule has 0 spiro atoms. The largest absolute Gasteiger partial charge is 0.329 e. The molecule has 0 aliphatic heterocycles. The summed E-state index contributed by atoms with van der Waals surface area (Å²) in [6, 6.07) is 9.84. The maximum atomic E-state index is 11.3. The van der Waals surface area contributed by atoms with Crippen molar-refractivity contribution in [3.8, 4) is 0 Å². The number of aryl methyl sites for hydroxylation is 1. The molecule has 0 aromatic heterocycles. The Kier molecular flexibility index (Phi) is 4.29. The van der Waals surface area contributed by atoms with Gasteiger partial charge in [0.25, 0.3) is 0 Å². The Morgan fingerprint density at radius 3 is 2.33 bits per heavy atom. The van der Waals surface area contributed by atoms with Gasteiger partial charge in [-0.15, -0.1) is 0 Å². The third-order valence-corrected chi connectivity index (χ3v) is 4.11. The molecule has 0 saturated heterocycles. The van der Waals surface area contributed by atoms with E-state index < -0.39 is 15.1 Å². The van der Waals surface area contributed by atoms with Gasteiger partial charge in [0, 0.05) is 12.8 Å². The fourth-order valence-electron chi connectivity index (χ4n) is 1.48. The van der Waals surface area contributed by atoms with E-state index >= 15 is 0 Å². The average Bonchev–Trinajstić information content (AvgIpc) is 2.18. The van der Waals surface area contributed by atoms with Crippen molar-refractivity contribution in [2.75, 3.05) is 12.8 Å². The van der Waals surface area contributed by atoms with Crippen molar-refractivity contribution >= 4 is 9.84 Å². The van der Waals surface area contributed by atoms with Crippen molar-refractivity contribution in [3.63, 3.8) is 0 Å². The van der Waals surface area contributed by atoms with Crippen LogP contribution in [0, 0.1) is 0 Å². The van der Waals surface area contributed by atoms with Gasteiger partial charge in [-0.1, -0.05) is 30.3 Å². The molecule has 4 heteroatoms. The molecule has 1 aromatic carbocycles. The normalized spacial score (nSPS) is 13.7. The number of rotatable bonds is 5. The molecule has 3 nitrogen and oxygen atoms in total. The van der Waals surface area contributed by atoms with Gasteiger partial charge in [-0.05, 0) is 18.4 Å². The molecule has 15 heavy (non-hydrogen) atoms. The lowest BCUT2D eigenvalue weighted by Crippen LogP contribution is -2.29. The summed E-state index contributed by atoms with van der Waals surface area (Å²) in [4.78, 5) is 0. The maximum Gasteiger partial charge on any atom is 0.151 e. The second kappa shape index (κ2) is 5.28. The van der Waals surface area contributed by atoms with Crippen molar-refractivity contribution in [2.45, 2.75) is 18.1 Å². The Morgan fingerprint density at radius 1 is 1.27 bits per heavy atom.